The molecule has 1 aliphatic rings. The molecule has 1 aliphatic carbocycles. The number of halogens is 1. The highest BCUT2D eigenvalue weighted by Gasteiger charge is 2.22. The van der Waals surface area contributed by atoms with Gasteiger partial charge in [0, 0.05) is 23.3 Å². The van der Waals surface area contributed by atoms with Gasteiger partial charge in [0.25, 0.3) is 0 Å². The highest BCUT2D eigenvalue weighted by Crippen LogP contribution is 2.29. The maximum atomic E-state index is 4.63. The molecule has 90 valence electrons. The monoisotopic (exact) mass is 302 g/mol. The lowest BCUT2D eigenvalue weighted by atomic mass is 9.94. The van der Waals surface area contributed by atoms with Gasteiger partial charge >= 0.3 is 0 Å². The summed E-state index contributed by atoms with van der Waals surface area (Å²) in [6, 6.07) is 0.719. The van der Waals surface area contributed by atoms with Crippen molar-refractivity contribution in [1.82, 2.24) is 4.98 Å². The van der Waals surface area contributed by atoms with Gasteiger partial charge in [-0.3, -0.25) is 0 Å². The molecule has 0 saturated heterocycles. The summed E-state index contributed by atoms with van der Waals surface area (Å²) >= 11 is 5.34. The van der Waals surface area contributed by atoms with E-state index in [4.69, 9.17) is 0 Å². The highest BCUT2D eigenvalue weighted by molar-refractivity contribution is 9.09. The normalized spacial score (nSPS) is 17.6. The number of aromatic nitrogens is 1. The third kappa shape index (κ3) is 2.98. The Labute approximate surface area is 110 Å². The quantitative estimate of drug-likeness (QED) is 0.782. The number of aryl methyl sites for hydroxylation is 1. The molecule has 0 atom stereocenters. The number of alkyl halides is 1. The van der Waals surface area contributed by atoms with Gasteiger partial charge in [-0.2, -0.15) is 0 Å². The molecule has 0 aliphatic heterocycles. The molecule has 4 heteroatoms. The molecule has 0 spiro atoms. The zero-order valence-corrected chi connectivity index (χ0v) is 12.2. The van der Waals surface area contributed by atoms with Gasteiger partial charge in [-0.05, 0) is 19.8 Å². The van der Waals surface area contributed by atoms with E-state index in [0.29, 0.717) is 0 Å². The Kier molecular flexibility index (Phi) is 4.65. The smallest absolute Gasteiger partial charge is 0.185 e. The fraction of sp³-hybridized carbons (Fsp3) is 0.750. The van der Waals surface area contributed by atoms with Crippen molar-refractivity contribution in [3.05, 3.63) is 11.1 Å². The van der Waals surface area contributed by atoms with Gasteiger partial charge in [-0.15, -0.1) is 11.3 Å². The van der Waals surface area contributed by atoms with Crippen molar-refractivity contribution in [2.75, 3.05) is 16.8 Å². The Hall–Kier alpha value is -0.0900. The van der Waals surface area contributed by atoms with Crippen LogP contribution in [-0.2, 0) is 0 Å². The van der Waals surface area contributed by atoms with Crippen molar-refractivity contribution in [3.8, 4) is 0 Å². The summed E-state index contributed by atoms with van der Waals surface area (Å²) in [4.78, 5) is 7.13. The van der Waals surface area contributed by atoms with Gasteiger partial charge in [-0.25, -0.2) is 4.98 Å². The molecule has 1 heterocycles. The van der Waals surface area contributed by atoms with Crippen LogP contribution in [0.3, 0.4) is 0 Å². The minimum atomic E-state index is 0.719. The number of rotatable bonds is 4. The van der Waals surface area contributed by atoms with Crippen LogP contribution in [0.2, 0.25) is 0 Å². The van der Waals surface area contributed by atoms with E-state index in [1.807, 2.05) is 0 Å². The molecular formula is C12H19BrN2S. The highest BCUT2D eigenvalue weighted by atomic mass is 79.9. The van der Waals surface area contributed by atoms with Crippen LogP contribution < -0.4 is 4.90 Å². The average Bonchev–Trinajstić information content (AvgIpc) is 2.74. The first-order valence-corrected chi connectivity index (χ1v) is 8.06. The summed E-state index contributed by atoms with van der Waals surface area (Å²) in [6.07, 6.45) is 6.86. The Morgan fingerprint density at radius 3 is 2.75 bits per heavy atom. The zero-order chi connectivity index (χ0) is 11.4. The lowest BCUT2D eigenvalue weighted by Gasteiger charge is -2.33. The Bertz CT molecular complexity index is 321. The third-order valence-corrected chi connectivity index (χ3v) is 4.54. The molecule has 1 aromatic heterocycles. The fourth-order valence-corrected chi connectivity index (χ4v) is 3.67. The van der Waals surface area contributed by atoms with E-state index in [-0.39, 0.29) is 0 Å². The predicted octanol–water partition coefficient (Wildman–Crippen LogP) is 3.99. The molecule has 0 amide bonds. The Balaban J connectivity index is 2.09. The van der Waals surface area contributed by atoms with E-state index in [1.165, 1.54) is 37.2 Å². The van der Waals surface area contributed by atoms with Gasteiger partial charge in [0.2, 0.25) is 0 Å². The van der Waals surface area contributed by atoms with E-state index in [1.54, 1.807) is 11.3 Å². The number of hydrogen-bond donors (Lipinski definition) is 0. The van der Waals surface area contributed by atoms with Crippen molar-refractivity contribution >= 4 is 32.4 Å². The first-order chi connectivity index (χ1) is 7.81. The standard InChI is InChI=1S/C12H19BrN2S/c1-10-9-16-12(14-10)15(8-7-13)11-5-3-2-4-6-11/h9,11H,2-8H2,1H3. The van der Waals surface area contributed by atoms with Crippen LogP contribution in [-0.4, -0.2) is 22.9 Å². The first kappa shape index (κ1) is 12.4. The summed E-state index contributed by atoms with van der Waals surface area (Å²) < 4.78 is 0. The molecule has 2 nitrogen and oxygen atoms in total. The maximum Gasteiger partial charge on any atom is 0.185 e. The second kappa shape index (κ2) is 6.01. The summed E-state index contributed by atoms with van der Waals surface area (Å²) in [6.45, 7) is 3.16. The van der Waals surface area contributed by atoms with Crippen molar-refractivity contribution < 1.29 is 0 Å². The molecule has 0 N–H and O–H groups in total. The van der Waals surface area contributed by atoms with Crippen molar-refractivity contribution in [1.29, 1.82) is 0 Å². The molecule has 1 fully saturated rings. The van der Waals surface area contributed by atoms with Crippen molar-refractivity contribution in [3.63, 3.8) is 0 Å². The average molecular weight is 303 g/mol. The van der Waals surface area contributed by atoms with Gasteiger partial charge in [0.15, 0.2) is 5.13 Å². The Morgan fingerprint density at radius 2 is 2.19 bits per heavy atom. The Morgan fingerprint density at radius 1 is 1.44 bits per heavy atom. The van der Waals surface area contributed by atoms with Crippen LogP contribution >= 0.6 is 27.3 Å². The molecular weight excluding hydrogens is 284 g/mol. The molecule has 0 aromatic carbocycles. The van der Waals surface area contributed by atoms with Crippen LogP contribution in [0.4, 0.5) is 5.13 Å². The SMILES string of the molecule is Cc1csc(N(CCBr)C2CCCCC2)n1. The molecule has 0 bridgehead atoms. The molecule has 2 rings (SSSR count). The second-order valence-corrected chi connectivity index (χ2v) is 6.08. The third-order valence-electron chi connectivity index (χ3n) is 3.19. The molecule has 0 unspecified atom stereocenters. The number of hydrogen-bond acceptors (Lipinski definition) is 3. The lowest BCUT2D eigenvalue weighted by molar-refractivity contribution is 0.418. The van der Waals surface area contributed by atoms with Gasteiger partial charge in [-0.1, -0.05) is 35.2 Å². The number of nitrogens with zero attached hydrogens (tertiary/aromatic N) is 2. The van der Waals surface area contributed by atoms with Gasteiger partial charge < -0.3 is 4.90 Å². The fourth-order valence-electron chi connectivity index (χ4n) is 2.39. The summed E-state index contributed by atoms with van der Waals surface area (Å²) in [5.74, 6) is 0. The maximum absolute atomic E-state index is 4.63. The lowest BCUT2D eigenvalue weighted by Crippen LogP contribution is -2.38. The molecule has 1 aromatic rings. The van der Waals surface area contributed by atoms with Crippen molar-refractivity contribution in [2.45, 2.75) is 45.1 Å². The van der Waals surface area contributed by atoms with E-state index < -0.39 is 0 Å². The van der Waals surface area contributed by atoms with Gasteiger partial charge in [0.1, 0.15) is 0 Å². The topological polar surface area (TPSA) is 16.1 Å². The second-order valence-electron chi connectivity index (χ2n) is 4.45. The number of anilines is 1. The zero-order valence-electron chi connectivity index (χ0n) is 9.79. The summed E-state index contributed by atoms with van der Waals surface area (Å²) in [5.41, 5.74) is 1.15. The van der Waals surface area contributed by atoms with Crippen LogP contribution in [0.5, 0.6) is 0 Å². The minimum absolute atomic E-state index is 0.719. The largest absolute Gasteiger partial charge is 0.344 e. The van der Waals surface area contributed by atoms with Crippen LogP contribution in [0.1, 0.15) is 37.8 Å². The van der Waals surface area contributed by atoms with Gasteiger partial charge in [0.05, 0.1) is 5.69 Å². The van der Waals surface area contributed by atoms with Crippen LogP contribution in [0.25, 0.3) is 0 Å². The molecule has 1 saturated carbocycles. The predicted molar refractivity (Wildman–Crippen MR) is 74.9 cm³/mol. The van der Waals surface area contributed by atoms with E-state index >= 15 is 0 Å². The van der Waals surface area contributed by atoms with Crippen LogP contribution in [0, 0.1) is 6.92 Å². The minimum Gasteiger partial charge on any atom is -0.344 e. The molecule has 0 radical (unpaired) electrons. The number of thiazole rings is 1. The summed E-state index contributed by atoms with van der Waals surface area (Å²) in [5, 5.41) is 4.39. The summed E-state index contributed by atoms with van der Waals surface area (Å²) in [7, 11) is 0. The van der Waals surface area contributed by atoms with E-state index in [9.17, 15) is 0 Å². The first-order valence-electron chi connectivity index (χ1n) is 6.06. The van der Waals surface area contributed by atoms with Crippen molar-refractivity contribution in [2.24, 2.45) is 0 Å². The van der Waals surface area contributed by atoms with E-state index in [0.717, 1.165) is 23.6 Å². The van der Waals surface area contributed by atoms with E-state index in [2.05, 4.69) is 38.1 Å². The van der Waals surface area contributed by atoms with Crippen LogP contribution in [0.15, 0.2) is 5.38 Å². The molecule has 16 heavy (non-hydrogen) atoms.